The van der Waals surface area contributed by atoms with Gasteiger partial charge >= 0.3 is 0 Å². The van der Waals surface area contributed by atoms with Gasteiger partial charge in [0.05, 0.1) is 36.8 Å². The van der Waals surface area contributed by atoms with Gasteiger partial charge in [0.25, 0.3) is 5.91 Å². The van der Waals surface area contributed by atoms with E-state index in [1.54, 1.807) is 0 Å². The number of carbonyl (C=O) groups is 2. The topological polar surface area (TPSA) is 79.2 Å². The summed E-state index contributed by atoms with van der Waals surface area (Å²) in [6.45, 7) is 4.36. The van der Waals surface area contributed by atoms with E-state index < -0.39 is 9.84 Å². The fourth-order valence-electron chi connectivity index (χ4n) is 4.68. The minimum Gasteiger partial charge on any atom is -0.338 e. The number of likely N-dealkylation sites (tertiary alicyclic amines) is 1. The predicted molar refractivity (Wildman–Crippen MR) is 107 cm³/mol. The lowest BCUT2D eigenvalue weighted by Crippen LogP contribution is -3.18. The van der Waals surface area contributed by atoms with Crippen molar-refractivity contribution in [3.8, 4) is 0 Å². The Kier molecular flexibility index (Phi) is 5.76. The zero-order valence-electron chi connectivity index (χ0n) is 16.0. The lowest BCUT2D eigenvalue weighted by molar-refractivity contribution is -0.925. The van der Waals surface area contributed by atoms with Crippen LogP contribution in [0.4, 0.5) is 0 Å². The largest absolute Gasteiger partial charge is 0.338 e. The molecule has 1 N–H and O–H groups in total. The Bertz CT molecular complexity index is 808. The molecule has 3 aliphatic rings. The molecular formula is C19H28N3O4S2+. The zero-order chi connectivity index (χ0) is 19.7. The van der Waals surface area contributed by atoms with E-state index in [0.29, 0.717) is 37.7 Å². The number of hydrogen-bond donors (Lipinski definition) is 1. The lowest BCUT2D eigenvalue weighted by Gasteiger charge is -2.38. The molecule has 1 aromatic heterocycles. The summed E-state index contributed by atoms with van der Waals surface area (Å²) in [5.74, 6) is 0.895. The molecule has 0 spiro atoms. The third-order valence-electron chi connectivity index (χ3n) is 6.39. The van der Waals surface area contributed by atoms with E-state index >= 15 is 0 Å². The highest BCUT2D eigenvalue weighted by Crippen LogP contribution is 2.22. The number of piperazine rings is 1. The Morgan fingerprint density at radius 1 is 1.04 bits per heavy atom. The molecule has 154 valence electrons. The molecular weight excluding hydrogens is 398 g/mol. The van der Waals surface area contributed by atoms with Crippen LogP contribution in [0.1, 0.15) is 28.9 Å². The summed E-state index contributed by atoms with van der Waals surface area (Å²) in [7, 11) is -2.85. The number of amides is 2. The van der Waals surface area contributed by atoms with Gasteiger partial charge in [0.1, 0.15) is 11.8 Å². The summed E-state index contributed by atoms with van der Waals surface area (Å²) in [5, 5.41) is 1.91. The number of thiophene rings is 1. The van der Waals surface area contributed by atoms with Gasteiger partial charge in [-0.05, 0) is 24.3 Å². The number of nitrogens with one attached hydrogen (secondary N) is 1. The van der Waals surface area contributed by atoms with Crippen molar-refractivity contribution < 1.29 is 22.9 Å². The molecule has 1 atom stereocenters. The fourth-order valence-corrected chi connectivity index (χ4v) is 7.20. The second-order valence-electron chi connectivity index (χ2n) is 8.13. The molecule has 2 amide bonds. The van der Waals surface area contributed by atoms with Crippen LogP contribution in [0, 0.1) is 5.92 Å². The van der Waals surface area contributed by atoms with Gasteiger partial charge in [-0.3, -0.25) is 9.59 Å². The first-order valence-corrected chi connectivity index (χ1v) is 12.8. The van der Waals surface area contributed by atoms with Gasteiger partial charge in [-0.2, -0.15) is 0 Å². The van der Waals surface area contributed by atoms with E-state index in [9.17, 15) is 18.0 Å². The monoisotopic (exact) mass is 426 g/mol. The molecule has 0 aromatic carbocycles. The maximum Gasteiger partial charge on any atom is 0.263 e. The maximum absolute atomic E-state index is 12.9. The Balaban J connectivity index is 1.24. The van der Waals surface area contributed by atoms with Crippen molar-refractivity contribution in [3.63, 3.8) is 0 Å². The predicted octanol–water partition coefficient (Wildman–Crippen LogP) is -0.485. The first-order chi connectivity index (χ1) is 13.4. The number of hydrogen-bond acceptors (Lipinski definition) is 5. The first-order valence-electron chi connectivity index (χ1n) is 10.1. The molecule has 9 heteroatoms. The number of rotatable bonds is 3. The normalized spacial score (nSPS) is 26.5. The van der Waals surface area contributed by atoms with Crippen LogP contribution in [-0.4, -0.2) is 86.8 Å². The maximum atomic E-state index is 12.9. The molecule has 0 bridgehead atoms. The highest BCUT2D eigenvalue weighted by molar-refractivity contribution is 7.91. The Morgan fingerprint density at radius 3 is 2.32 bits per heavy atom. The van der Waals surface area contributed by atoms with Crippen molar-refractivity contribution in [2.45, 2.75) is 25.3 Å². The zero-order valence-corrected chi connectivity index (χ0v) is 17.6. The summed E-state index contributed by atoms with van der Waals surface area (Å²) in [4.78, 5) is 31.3. The molecule has 0 unspecified atom stereocenters. The molecule has 7 nitrogen and oxygen atoms in total. The molecule has 3 fully saturated rings. The second-order valence-corrected chi connectivity index (χ2v) is 11.3. The molecule has 3 saturated heterocycles. The van der Waals surface area contributed by atoms with Gasteiger partial charge < -0.3 is 14.7 Å². The Morgan fingerprint density at radius 2 is 1.75 bits per heavy atom. The second kappa shape index (κ2) is 8.12. The average Bonchev–Trinajstić information content (AvgIpc) is 3.37. The fraction of sp³-hybridized carbons (Fsp3) is 0.684. The van der Waals surface area contributed by atoms with Crippen LogP contribution in [0.25, 0.3) is 0 Å². The van der Waals surface area contributed by atoms with Crippen LogP contribution in [0.3, 0.4) is 0 Å². The van der Waals surface area contributed by atoms with E-state index in [1.807, 2.05) is 27.3 Å². The van der Waals surface area contributed by atoms with Crippen LogP contribution in [0.15, 0.2) is 17.5 Å². The summed E-state index contributed by atoms with van der Waals surface area (Å²) in [6.07, 6.45) is 2.20. The number of sulfone groups is 1. The van der Waals surface area contributed by atoms with Gasteiger partial charge in [0, 0.05) is 25.4 Å². The minimum absolute atomic E-state index is 0.000735. The third-order valence-corrected chi connectivity index (χ3v) is 9.02. The summed E-state index contributed by atoms with van der Waals surface area (Å²) in [5.41, 5.74) is 0. The van der Waals surface area contributed by atoms with Gasteiger partial charge in [-0.1, -0.05) is 6.07 Å². The average molecular weight is 427 g/mol. The first kappa shape index (κ1) is 19.8. The standard InChI is InChI=1S/C19H27N3O4S2/c23-18(15-3-6-21(7-4-15)19(24)17-2-1-12-27-17)22-10-8-20(9-11-22)16-5-13-28(25,26)14-16/h1-2,12,15-16H,3-11,13-14H2/p+1/t16-/m0/s1. The van der Waals surface area contributed by atoms with Crippen LogP contribution < -0.4 is 4.90 Å². The van der Waals surface area contributed by atoms with E-state index in [-0.39, 0.29) is 23.8 Å². The van der Waals surface area contributed by atoms with Crippen molar-refractivity contribution in [2.75, 3.05) is 50.8 Å². The Labute approximate surface area is 170 Å². The van der Waals surface area contributed by atoms with Crippen LogP contribution in [0.5, 0.6) is 0 Å². The summed E-state index contributed by atoms with van der Waals surface area (Å²) in [6, 6.07) is 3.94. The molecule has 1 aromatic rings. The van der Waals surface area contributed by atoms with Gasteiger partial charge in [0.15, 0.2) is 9.84 Å². The summed E-state index contributed by atoms with van der Waals surface area (Å²) < 4.78 is 23.4. The molecule has 0 aliphatic carbocycles. The highest BCUT2D eigenvalue weighted by Gasteiger charge is 2.38. The molecule has 0 saturated carbocycles. The summed E-state index contributed by atoms with van der Waals surface area (Å²) >= 11 is 1.46. The quantitative estimate of drug-likeness (QED) is 0.708. The number of quaternary nitrogens is 1. The van der Waals surface area contributed by atoms with Crippen LogP contribution in [-0.2, 0) is 14.6 Å². The molecule has 28 heavy (non-hydrogen) atoms. The molecule has 3 aliphatic heterocycles. The van der Waals surface area contributed by atoms with Crippen molar-refractivity contribution in [2.24, 2.45) is 5.92 Å². The molecule has 4 heterocycles. The van der Waals surface area contributed by atoms with Crippen molar-refractivity contribution in [3.05, 3.63) is 22.4 Å². The number of carbonyl (C=O) groups excluding carboxylic acids is 2. The van der Waals surface area contributed by atoms with Crippen molar-refractivity contribution >= 4 is 33.0 Å². The number of piperidine rings is 1. The van der Waals surface area contributed by atoms with Crippen LogP contribution >= 0.6 is 11.3 Å². The van der Waals surface area contributed by atoms with E-state index in [2.05, 4.69) is 0 Å². The van der Waals surface area contributed by atoms with Crippen LogP contribution in [0.2, 0.25) is 0 Å². The van der Waals surface area contributed by atoms with E-state index in [1.165, 1.54) is 16.2 Å². The smallest absolute Gasteiger partial charge is 0.263 e. The lowest BCUT2D eigenvalue weighted by atomic mass is 9.94. The van der Waals surface area contributed by atoms with Gasteiger partial charge in [0.2, 0.25) is 5.91 Å². The van der Waals surface area contributed by atoms with E-state index in [4.69, 9.17) is 0 Å². The minimum atomic E-state index is -2.85. The van der Waals surface area contributed by atoms with Crippen molar-refractivity contribution in [1.82, 2.24) is 9.80 Å². The molecule has 0 radical (unpaired) electrons. The SMILES string of the molecule is O=C(c1cccs1)N1CCC(C(=O)N2CC[NH+]([C@H]3CCS(=O)(=O)C3)CC2)CC1. The van der Waals surface area contributed by atoms with Gasteiger partial charge in [-0.15, -0.1) is 11.3 Å². The highest BCUT2D eigenvalue weighted by atomic mass is 32.2. The number of nitrogens with zero attached hydrogens (tertiary/aromatic N) is 2. The molecule has 4 rings (SSSR count). The van der Waals surface area contributed by atoms with Crippen molar-refractivity contribution in [1.29, 1.82) is 0 Å². The van der Waals surface area contributed by atoms with E-state index in [0.717, 1.165) is 37.2 Å². The Hall–Kier alpha value is -1.45. The van der Waals surface area contributed by atoms with Gasteiger partial charge in [-0.25, -0.2) is 8.42 Å². The third kappa shape index (κ3) is 4.26.